The molecule has 1 aliphatic heterocycles. The van der Waals surface area contributed by atoms with Crippen LogP contribution >= 0.6 is 0 Å². The van der Waals surface area contributed by atoms with Crippen molar-refractivity contribution in [3.8, 4) is 0 Å². The maximum atomic E-state index is 14.2. The maximum absolute atomic E-state index is 14.2. The zero-order valence-corrected chi connectivity index (χ0v) is 24.3. The standard InChI is InChI=1S/C35H34F3NO6/c36-35(37,38)34(39-28-19-11-4-12-20-28)45-33-32(43-23-27-17-9-3-10-18-27)30(40)31(42-22-26-15-7-2-8-16-26)29(44-33)24-41-21-25-13-5-1-6-14-25/h1-20,29-33,40H,21-24H2/t29-,30+,31-,32+,33-/m1/s1. The molecule has 0 saturated carbocycles. The van der Waals surface area contributed by atoms with Gasteiger partial charge in [-0.15, -0.1) is 0 Å². The fraction of sp³-hybridized carbons (Fsp3) is 0.286. The molecule has 0 aromatic heterocycles. The summed E-state index contributed by atoms with van der Waals surface area (Å²) in [4.78, 5) is 3.71. The summed E-state index contributed by atoms with van der Waals surface area (Å²) in [5.74, 6) is -1.54. The van der Waals surface area contributed by atoms with E-state index < -0.39 is 42.8 Å². The second-order valence-electron chi connectivity index (χ2n) is 10.4. The predicted molar refractivity (Wildman–Crippen MR) is 161 cm³/mol. The van der Waals surface area contributed by atoms with Crippen LogP contribution in [0, 0.1) is 0 Å². The molecule has 4 aromatic rings. The minimum Gasteiger partial charge on any atom is -0.441 e. The average Bonchev–Trinajstić information content (AvgIpc) is 3.05. The Bertz CT molecular complexity index is 1460. The number of hydrogen-bond acceptors (Lipinski definition) is 7. The Morgan fingerprint density at radius 2 is 1.13 bits per heavy atom. The Morgan fingerprint density at radius 1 is 0.667 bits per heavy atom. The Balaban J connectivity index is 1.42. The lowest BCUT2D eigenvalue weighted by Gasteiger charge is -2.44. The molecule has 5 rings (SSSR count). The topological polar surface area (TPSA) is 78.7 Å². The molecule has 1 heterocycles. The number of aliphatic hydroxyl groups excluding tert-OH is 1. The third-order valence-corrected chi connectivity index (χ3v) is 7.04. The van der Waals surface area contributed by atoms with E-state index in [4.69, 9.17) is 23.7 Å². The van der Waals surface area contributed by atoms with Crippen LogP contribution in [0.2, 0.25) is 0 Å². The van der Waals surface area contributed by atoms with Gasteiger partial charge in [-0.25, -0.2) is 4.99 Å². The molecule has 4 aromatic carbocycles. The van der Waals surface area contributed by atoms with Gasteiger partial charge in [-0.3, -0.25) is 0 Å². The van der Waals surface area contributed by atoms with Crippen LogP contribution in [0.1, 0.15) is 16.7 Å². The number of ether oxygens (including phenoxy) is 5. The van der Waals surface area contributed by atoms with Crippen LogP contribution in [-0.4, -0.2) is 54.5 Å². The van der Waals surface area contributed by atoms with E-state index in [2.05, 4.69) is 4.99 Å². The fourth-order valence-electron chi connectivity index (χ4n) is 4.79. The number of halogens is 3. The summed E-state index contributed by atoms with van der Waals surface area (Å²) in [6, 6.07) is 35.4. The van der Waals surface area contributed by atoms with E-state index in [0.717, 1.165) is 16.7 Å². The summed E-state index contributed by atoms with van der Waals surface area (Å²) in [5, 5.41) is 11.7. The van der Waals surface area contributed by atoms with Crippen molar-refractivity contribution in [1.29, 1.82) is 0 Å². The van der Waals surface area contributed by atoms with Crippen molar-refractivity contribution in [3.05, 3.63) is 138 Å². The van der Waals surface area contributed by atoms with E-state index in [1.807, 2.05) is 66.7 Å². The van der Waals surface area contributed by atoms with Crippen molar-refractivity contribution < 1.29 is 42.0 Å². The number of hydrogen-bond donors (Lipinski definition) is 1. The highest BCUT2D eigenvalue weighted by atomic mass is 19.4. The van der Waals surface area contributed by atoms with Crippen LogP contribution in [0.3, 0.4) is 0 Å². The maximum Gasteiger partial charge on any atom is 0.468 e. The van der Waals surface area contributed by atoms with E-state index in [0.29, 0.717) is 0 Å². The van der Waals surface area contributed by atoms with Crippen molar-refractivity contribution in [2.75, 3.05) is 6.61 Å². The second-order valence-corrected chi connectivity index (χ2v) is 10.4. The SMILES string of the molecule is O[C@@H]1[C@H](OCc2ccccc2)[C@@H](OC(=Nc2ccccc2)C(F)(F)F)O[C@H](COCc2ccccc2)[C@H]1OCc1ccccc1. The highest BCUT2D eigenvalue weighted by Crippen LogP contribution is 2.32. The summed E-state index contributed by atoms with van der Waals surface area (Å²) < 4.78 is 72.4. The minimum atomic E-state index is -4.96. The van der Waals surface area contributed by atoms with Crippen molar-refractivity contribution in [2.24, 2.45) is 4.99 Å². The minimum absolute atomic E-state index is 0.0243. The largest absolute Gasteiger partial charge is 0.468 e. The summed E-state index contributed by atoms with van der Waals surface area (Å²) >= 11 is 0. The monoisotopic (exact) mass is 621 g/mol. The molecule has 7 nitrogen and oxygen atoms in total. The molecule has 1 aliphatic rings. The van der Waals surface area contributed by atoms with Crippen LogP contribution in [0.25, 0.3) is 0 Å². The van der Waals surface area contributed by atoms with E-state index >= 15 is 0 Å². The van der Waals surface area contributed by atoms with E-state index in [1.54, 1.807) is 42.5 Å². The van der Waals surface area contributed by atoms with Gasteiger partial charge in [0.15, 0.2) is 0 Å². The highest BCUT2D eigenvalue weighted by molar-refractivity contribution is 5.84. The fourth-order valence-corrected chi connectivity index (χ4v) is 4.79. The Labute approximate surface area is 259 Å². The Morgan fingerprint density at radius 3 is 1.64 bits per heavy atom. The first-order valence-electron chi connectivity index (χ1n) is 14.5. The van der Waals surface area contributed by atoms with Crippen molar-refractivity contribution in [1.82, 2.24) is 0 Å². The number of aliphatic hydroxyl groups is 1. The highest BCUT2D eigenvalue weighted by Gasteiger charge is 2.51. The number of aliphatic imine (C=N–C) groups is 1. The summed E-state index contributed by atoms with van der Waals surface area (Å²) in [6.45, 7) is 0.198. The van der Waals surface area contributed by atoms with Gasteiger partial charge in [0, 0.05) is 0 Å². The zero-order valence-electron chi connectivity index (χ0n) is 24.3. The number of nitrogens with zero attached hydrogens (tertiary/aromatic N) is 1. The van der Waals surface area contributed by atoms with Crippen LogP contribution in [0.4, 0.5) is 18.9 Å². The van der Waals surface area contributed by atoms with E-state index in [9.17, 15) is 18.3 Å². The van der Waals surface area contributed by atoms with Gasteiger partial charge in [-0.2, -0.15) is 13.2 Å². The molecule has 0 aliphatic carbocycles. The molecule has 5 atom stereocenters. The van der Waals surface area contributed by atoms with E-state index in [-0.39, 0.29) is 32.1 Å². The van der Waals surface area contributed by atoms with Crippen LogP contribution in [0.15, 0.2) is 126 Å². The smallest absolute Gasteiger partial charge is 0.441 e. The van der Waals surface area contributed by atoms with Gasteiger partial charge in [0.05, 0.1) is 32.1 Å². The van der Waals surface area contributed by atoms with Crippen molar-refractivity contribution in [2.45, 2.75) is 56.7 Å². The summed E-state index contributed by atoms with van der Waals surface area (Å²) in [6.07, 6.45) is -11.5. The first-order chi connectivity index (χ1) is 21.9. The van der Waals surface area contributed by atoms with E-state index in [1.165, 1.54) is 12.1 Å². The van der Waals surface area contributed by atoms with Gasteiger partial charge in [0.25, 0.3) is 5.90 Å². The summed E-state index contributed by atoms with van der Waals surface area (Å²) in [7, 11) is 0. The number of alkyl halides is 3. The third-order valence-electron chi connectivity index (χ3n) is 7.04. The molecule has 45 heavy (non-hydrogen) atoms. The predicted octanol–water partition coefficient (Wildman–Crippen LogP) is 6.77. The molecule has 10 heteroatoms. The molecule has 0 radical (unpaired) electrons. The molecule has 0 unspecified atom stereocenters. The Hall–Kier alpha value is -4.06. The van der Waals surface area contributed by atoms with Gasteiger partial charge >= 0.3 is 6.18 Å². The third kappa shape index (κ3) is 9.46. The molecule has 0 bridgehead atoms. The molecule has 236 valence electrons. The zero-order chi connectivity index (χ0) is 31.5. The Kier molecular flexibility index (Phi) is 11.3. The van der Waals surface area contributed by atoms with Gasteiger partial charge in [0.2, 0.25) is 6.29 Å². The van der Waals surface area contributed by atoms with Crippen LogP contribution in [-0.2, 0) is 43.5 Å². The van der Waals surface area contributed by atoms with Crippen molar-refractivity contribution in [3.63, 3.8) is 0 Å². The first-order valence-corrected chi connectivity index (χ1v) is 14.5. The lowest BCUT2D eigenvalue weighted by Crippen LogP contribution is -2.61. The lowest BCUT2D eigenvalue weighted by atomic mass is 9.98. The molecule has 1 fully saturated rings. The van der Waals surface area contributed by atoms with Crippen molar-refractivity contribution >= 4 is 11.6 Å². The molecule has 1 N–H and O–H groups in total. The first kappa shape index (κ1) is 32.3. The van der Waals surface area contributed by atoms with Gasteiger partial charge in [0.1, 0.15) is 24.4 Å². The van der Waals surface area contributed by atoms with Gasteiger partial charge < -0.3 is 28.8 Å². The lowest BCUT2D eigenvalue weighted by molar-refractivity contribution is -0.307. The molecular formula is C35H34F3NO6. The number of benzene rings is 4. The van der Waals surface area contributed by atoms with Gasteiger partial charge in [-0.1, -0.05) is 109 Å². The number of rotatable bonds is 12. The van der Waals surface area contributed by atoms with Crippen LogP contribution in [0.5, 0.6) is 0 Å². The normalized spacial score (nSPS) is 22.2. The van der Waals surface area contributed by atoms with Crippen LogP contribution < -0.4 is 0 Å². The molecular weight excluding hydrogens is 587 g/mol. The molecule has 1 saturated heterocycles. The quantitative estimate of drug-likeness (QED) is 0.139. The van der Waals surface area contributed by atoms with Gasteiger partial charge in [-0.05, 0) is 28.8 Å². The second kappa shape index (κ2) is 15.8. The molecule has 0 amide bonds. The number of para-hydroxylation sites is 1. The molecule has 0 spiro atoms. The summed E-state index contributed by atoms with van der Waals surface area (Å²) in [5.41, 5.74) is 2.51. The average molecular weight is 622 g/mol.